The van der Waals surface area contributed by atoms with E-state index >= 15 is 0 Å². The van der Waals surface area contributed by atoms with Crippen LogP contribution in [0.2, 0.25) is 5.02 Å². The highest BCUT2D eigenvalue weighted by molar-refractivity contribution is 6.31. The molecular formula is C17H19ClN2O4. The molecule has 1 amide bonds. The molecule has 0 radical (unpaired) electrons. The second-order valence-corrected chi connectivity index (χ2v) is 6.48. The summed E-state index contributed by atoms with van der Waals surface area (Å²) in [6.07, 6.45) is 1.50. The van der Waals surface area contributed by atoms with Gasteiger partial charge in [-0.2, -0.15) is 0 Å². The quantitative estimate of drug-likeness (QED) is 0.837. The van der Waals surface area contributed by atoms with E-state index in [9.17, 15) is 9.59 Å². The van der Waals surface area contributed by atoms with Crippen molar-refractivity contribution in [3.05, 3.63) is 35.0 Å². The van der Waals surface area contributed by atoms with Crippen LogP contribution in [-0.4, -0.2) is 47.1 Å². The third kappa shape index (κ3) is 3.55. The molecular weight excluding hydrogens is 332 g/mol. The molecule has 1 fully saturated rings. The highest BCUT2D eigenvalue weighted by atomic mass is 35.5. The van der Waals surface area contributed by atoms with Gasteiger partial charge in [0.05, 0.1) is 6.54 Å². The number of nitrogens with one attached hydrogen (secondary N) is 1. The molecule has 0 unspecified atom stereocenters. The van der Waals surface area contributed by atoms with Crippen LogP contribution in [0.4, 0.5) is 0 Å². The van der Waals surface area contributed by atoms with Gasteiger partial charge in [-0.15, -0.1) is 0 Å². The lowest BCUT2D eigenvalue weighted by atomic mass is 9.85. The van der Waals surface area contributed by atoms with Gasteiger partial charge in [-0.1, -0.05) is 18.5 Å². The number of likely N-dealkylation sites (N-methyl/N-ethyl adjacent to an activating group) is 1. The van der Waals surface area contributed by atoms with E-state index in [-0.39, 0.29) is 30.3 Å². The van der Waals surface area contributed by atoms with E-state index in [0.29, 0.717) is 17.2 Å². The molecule has 0 bridgehead atoms. The van der Waals surface area contributed by atoms with Crippen molar-refractivity contribution in [1.82, 2.24) is 10.2 Å². The standard InChI is InChI=1S/C17H19ClN2O4/c1-2-20(9-16(21)22)13-7-12(8-13)19-17(23)15-6-10-5-11(18)3-4-14(10)24-15/h3-6,12-13H,2,7-9H2,1H3,(H,19,23)(H,21,22). The number of rotatable bonds is 6. The molecule has 2 aromatic rings. The Bertz CT molecular complexity index is 767. The topological polar surface area (TPSA) is 82.8 Å². The molecule has 0 spiro atoms. The maximum atomic E-state index is 12.3. The lowest BCUT2D eigenvalue weighted by molar-refractivity contribution is -0.139. The van der Waals surface area contributed by atoms with Crippen molar-refractivity contribution in [2.45, 2.75) is 31.8 Å². The van der Waals surface area contributed by atoms with Crippen molar-refractivity contribution >= 4 is 34.4 Å². The number of benzene rings is 1. The summed E-state index contributed by atoms with van der Waals surface area (Å²) in [5, 5.41) is 13.2. The molecule has 0 aliphatic heterocycles. The average Bonchev–Trinajstić information content (AvgIpc) is 2.91. The molecule has 1 heterocycles. The zero-order valence-corrected chi connectivity index (χ0v) is 14.0. The largest absolute Gasteiger partial charge is 0.480 e. The van der Waals surface area contributed by atoms with Crippen LogP contribution in [0.25, 0.3) is 11.0 Å². The van der Waals surface area contributed by atoms with Crippen LogP contribution in [0.1, 0.15) is 30.3 Å². The Balaban J connectivity index is 1.57. The van der Waals surface area contributed by atoms with E-state index in [4.69, 9.17) is 21.1 Å². The normalized spacial score (nSPS) is 20.1. The van der Waals surface area contributed by atoms with Gasteiger partial charge < -0.3 is 14.8 Å². The Morgan fingerprint density at radius 3 is 2.79 bits per heavy atom. The Hall–Kier alpha value is -2.05. The third-order valence-electron chi connectivity index (χ3n) is 4.41. The summed E-state index contributed by atoms with van der Waals surface area (Å²) < 4.78 is 5.54. The highest BCUT2D eigenvalue weighted by Gasteiger charge is 2.35. The zero-order valence-electron chi connectivity index (χ0n) is 13.3. The number of amides is 1. The first-order chi connectivity index (χ1) is 11.5. The number of furan rings is 1. The predicted octanol–water partition coefficient (Wildman–Crippen LogP) is 2.75. The fourth-order valence-electron chi connectivity index (χ4n) is 3.06. The molecule has 7 heteroatoms. The van der Waals surface area contributed by atoms with Crippen LogP contribution in [0.5, 0.6) is 0 Å². The van der Waals surface area contributed by atoms with Gasteiger partial charge in [0, 0.05) is 22.5 Å². The maximum absolute atomic E-state index is 12.3. The van der Waals surface area contributed by atoms with E-state index in [0.717, 1.165) is 18.2 Å². The van der Waals surface area contributed by atoms with Gasteiger partial charge >= 0.3 is 5.97 Å². The number of carboxylic acid groups (broad SMARTS) is 1. The molecule has 1 aromatic heterocycles. The smallest absolute Gasteiger partial charge is 0.317 e. The van der Waals surface area contributed by atoms with Crippen LogP contribution >= 0.6 is 11.6 Å². The van der Waals surface area contributed by atoms with Gasteiger partial charge in [0.25, 0.3) is 5.91 Å². The number of nitrogens with zero attached hydrogens (tertiary/aromatic N) is 1. The zero-order chi connectivity index (χ0) is 17.3. The monoisotopic (exact) mass is 350 g/mol. The van der Waals surface area contributed by atoms with E-state index < -0.39 is 5.97 Å². The minimum Gasteiger partial charge on any atom is -0.480 e. The van der Waals surface area contributed by atoms with Crippen LogP contribution in [0, 0.1) is 0 Å². The highest BCUT2D eigenvalue weighted by Crippen LogP contribution is 2.27. The first kappa shape index (κ1) is 16.8. The molecule has 0 saturated heterocycles. The molecule has 128 valence electrons. The Morgan fingerprint density at radius 2 is 2.12 bits per heavy atom. The van der Waals surface area contributed by atoms with Gasteiger partial charge in [0.15, 0.2) is 5.76 Å². The first-order valence-corrected chi connectivity index (χ1v) is 8.30. The van der Waals surface area contributed by atoms with Crippen LogP contribution in [0.3, 0.4) is 0 Å². The van der Waals surface area contributed by atoms with Crippen molar-refractivity contribution < 1.29 is 19.1 Å². The Morgan fingerprint density at radius 1 is 1.38 bits per heavy atom. The van der Waals surface area contributed by atoms with E-state index in [2.05, 4.69) is 5.32 Å². The van der Waals surface area contributed by atoms with Crippen molar-refractivity contribution in [3.8, 4) is 0 Å². The summed E-state index contributed by atoms with van der Waals surface area (Å²) in [6.45, 7) is 2.66. The summed E-state index contributed by atoms with van der Waals surface area (Å²) >= 11 is 5.93. The predicted molar refractivity (Wildman–Crippen MR) is 90.4 cm³/mol. The summed E-state index contributed by atoms with van der Waals surface area (Å²) in [7, 11) is 0. The fraction of sp³-hybridized carbons (Fsp3) is 0.412. The number of carbonyl (C=O) groups is 2. The number of aliphatic carboxylic acids is 1. The molecule has 1 aromatic carbocycles. The maximum Gasteiger partial charge on any atom is 0.317 e. The van der Waals surface area contributed by atoms with E-state index in [1.54, 1.807) is 24.3 Å². The van der Waals surface area contributed by atoms with Crippen molar-refractivity contribution in [3.63, 3.8) is 0 Å². The number of hydrogen-bond acceptors (Lipinski definition) is 4. The van der Waals surface area contributed by atoms with Crippen molar-refractivity contribution in [2.75, 3.05) is 13.1 Å². The summed E-state index contributed by atoms with van der Waals surface area (Å²) in [6, 6.07) is 7.12. The molecule has 6 nitrogen and oxygen atoms in total. The fourth-order valence-corrected chi connectivity index (χ4v) is 3.24. The Kier molecular flexibility index (Phi) is 4.78. The number of halogens is 1. The lowest BCUT2D eigenvalue weighted by Crippen LogP contribution is -2.54. The minimum absolute atomic E-state index is 0.0339. The number of carbonyl (C=O) groups excluding carboxylic acids is 1. The van der Waals surface area contributed by atoms with Gasteiger partial charge in [0.2, 0.25) is 0 Å². The first-order valence-electron chi connectivity index (χ1n) is 7.92. The van der Waals surface area contributed by atoms with Crippen molar-refractivity contribution in [1.29, 1.82) is 0 Å². The molecule has 0 atom stereocenters. The molecule has 1 aliphatic carbocycles. The van der Waals surface area contributed by atoms with Crippen LogP contribution in [0.15, 0.2) is 28.7 Å². The number of carboxylic acids is 1. The van der Waals surface area contributed by atoms with Crippen LogP contribution < -0.4 is 5.32 Å². The van der Waals surface area contributed by atoms with Gasteiger partial charge in [-0.05, 0) is 43.7 Å². The second-order valence-electron chi connectivity index (χ2n) is 6.05. The summed E-state index contributed by atoms with van der Waals surface area (Å²) in [4.78, 5) is 25.0. The van der Waals surface area contributed by atoms with Crippen molar-refractivity contribution in [2.24, 2.45) is 0 Å². The average molecular weight is 351 g/mol. The molecule has 3 rings (SSSR count). The molecule has 1 aliphatic rings. The summed E-state index contributed by atoms with van der Waals surface area (Å²) in [5.41, 5.74) is 0.620. The molecule has 1 saturated carbocycles. The third-order valence-corrected chi connectivity index (χ3v) is 4.65. The Labute approximate surface area is 144 Å². The molecule has 24 heavy (non-hydrogen) atoms. The van der Waals surface area contributed by atoms with E-state index in [1.807, 2.05) is 11.8 Å². The van der Waals surface area contributed by atoms with Gasteiger partial charge in [-0.25, -0.2) is 0 Å². The van der Waals surface area contributed by atoms with Crippen LogP contribution in [-0.2, 0) is 4.79 Å². The number of fused-ring (bicyclic) bond motifs is 1. The lowest BCUT2D eigenvalue weighted by Gasteiger charge is -2.42. The number of hydrogen-bond donors (Lipinski definition) is 2. The van der Waals surface area contributed by atoms with E-state index in [1.165, 1.54) is 0 Å². The second kappa shape index (κ2) is 6.83. The summed E-state index contributed by atoms with van der Waals surface area (Å²) in [5.74, 6) is -0.828. The van der Waals surface area contributed by atoms with Gasteiger partial charge in [0.1, 0.15) is 5.58 Å². The van der Waals surface area contributed by atoms with Gasteiger partial charge in [-0.3, -0.25) is 14.5 Å². The molecule has 2 N–H and O–H groups in total. The SMILES string of the molecule is CCN(CC(=O)O)C1CC(NC(=O)c2cc3cc(Cl)ccc3o2)C1. The minimum atomic E-state index is -0.828.